The molecule has 0 aliphatic heterocycles. The van der Waals surface area contributed by atoms with E-state index in [2.05, 4.69) is 15.8 Å². The van der Waals surface area contributed by atoms with Gasteiger partial charge in [-0.1, -0.05) is 36.4 Å². The zero-order valence-electron chi connectivity index (χ0n) is 15.0. The van der Waals surface area contributed by atoms with Crippen LogP contribution in [-0.2, 0) is 10.0 Å². The molecule has 0 bridgehead atoms. The molecule has 3 aromatic carbocycles. The second kappa shape index (κ2) is 7.16. The predicted octanol–water partition coefficient (Wildman–Crippen LogP) is 4.38. The number of aromatic amines is 1. The Balaban J connectivity index is 1.88. The van der Waals surface area contributed by atoms with Crippen molar-refractivity contribution in [2.24, 2.45) is 0 Å². The number of H-pyrrole nitrogens is 1. The lowest BCUT2D eigenvalue weighted by Gasteiger charge is -2.12. The summed E-state index contributed by atoms with van der Waals surface area (Å²) in [5.74, 6) is 0. The average molecular weight is 398 g/mol. The van der Waals surface area contributed by atoms with Gasteiger partial charge < -0.3 is 4.98 Å². The summed E-state index contributed by atoms with van der Waals surface area (Å²) in [5.41, 5.74) is 3.18. The highest BCUT2D eigenvalue weighted by Gasteiger charge is 2.19. The number of aromatic nitrogens is 1. The van der Waals surface area contributed by atoms with Crippen LogP contribution in [0.2, 0.25) is 0 Å². The van der Waals surface area contributed by atoms with E-state index in [1.165, 1.54) is 24.3 Å². The molecular weight excluding hydrogens is 384 g/mol. The molecule has 2 N–H and O–H groups in total. The van der Waals surface area contributed by atoms with E-state index in [1.807, 2.05) is 42.5 Å². The highest BCUT2D eigenvalue weighted by Crippen LogP contribution is 2.33. The van der Waals surface area contributed by atoms with Crippen LogP contribution >= 0.6 is 0 Å². The lowest BCUT2D eigenvalue weighted by Crippen LogP contribution is -2.13. The minimum atomic E-state index is -3.94. The molecule has 6 nitrogen and oxygen atoms in total. The van der Waals surface area contributed by atoms with E-state index in [4.69, 9.17) is 5.26 Å². The highest BCUT2D eigenvalue weighted by atomic mass is 32.2. The Hall–Kier alpha value is -4.07. The van der Waals surface area contributed by atoms with E-state index < -0.39 is 10.0 Å². The lowest BCUT2D eigenvalue weighted by atomic mass is 10.0. The maximum absolute atomic E-state index is 12.9. The van der Waals surface area contributed by atoms with E-state index in [1.54, 1.807) is 12.3 Å². The molecule has 4 rings (SSSR count). The van der Waals surface area contributed by atoms with Crippen LogP contribution in [0.1, 0.15) is 11.1 Å². The maximum atomic E-state index is 12.9. The predicted molar refractivity (Wildman–Crippen MR) is 110 cm³/mol. The van der Waals surface area contributed by atoms with Crippen LogP contribution in [0.4, 0.5) is 5.69 Å². The van der Waals surface area contributed by atoms with Gasteiger partial charge in [0.1, 0.15) is 6.07 Å². The van der Waals surface area contributed by atoms with E-state index in [9.17, 15) is 13.7 Å². The minimum Gasteiger partial charge on any atom is -0.358 e. The number of sulfonamides is 1. The summed E-state index contributed by atoms with van der Waals surface area (Å²) in [6.45, 7) is 0. The number of rotatable bonds is 4. The second-order valence-electron chi connectivity index (χ2n) is 6.37. The summed E-state index contributed by atoms with van der Waals surface area (Å²) in [6.07, 6.45) is 1.55. The van der Waals surface area contributed by atoms with Crippen molar-refractivity contribution in [1.29, 1.82) is 10.5 Å². The fourth-order valence-electron chi connectivity index (χ4n) is 3.14. The maximum Gasteiger partial charge on any atom is 0.262 e. The first kappa shape index (κ1) is 18.3. The zero-order valence-corrected chi connectivity index (χ0v) is 15.9. The van der Waals surface area contributed by atoms with Crippen molar-refractivity contribution < 1.29 is 8.42 Å². The Labute approximate surface area is 167 Å². The first-order chi connectivity index (χ1) is 14.0. The normalized spacial score (nSPS) is 11.0. The molecule has 0 unspecified atom stereocenters. The van der Waals surface area contributed by atoms with Crippen LogP contribution in [0, 0.1) is 22.7 Å². The fraction of sp³-hybridized carbons (Fsp3) is 0. The van der Waals surface area contributed by atoms with Gasteiger partial charge in [0.15, 0.2) is 0 Å². The third-order valence-corrected chi connectivity index (χ3v) is 5.90. The number of fused-ring (bicyclic) bond motifs is 1. The molecule has 7 heteroatoms. The van der Waals surface area contributed by atoms with Gasteiger partial charge in [0.05, 0.1) is 33.3 Å². The number of anilines is 1. The van der Waals surface area contributed by atoms with Gasteiger partial charge in [-0.15, -0.1) is 0 Å². The van der Waals surface area contributed by atoms with Crippen molar-refractivity contribution in [1.82, 2.24) is 4.98 Å². The Bertz CT molecular complexity index is 1410. The van der Waals surface area contributed by atoms with Crippen molar-refractivity contribution in [3.63, 3.8) is 0 Å². The molecule has 140 valence electrons. The number of nitriles is 2. The molecule has 1 aromatic heterocycles. The van der Waals surface area contributed by atoms with Crippen LogP contribution in [0.25, 0.3) is 22.0 Å². The van der Waals surface area contributed by atoms with E-state index in [0.717, 1.165) is 11.1 Å². The van der Waals surface area contributed by atoms with Gasteiger partial charge in [-0.05, 0) is 41.5 Å². The molecule has 0 spiro atoms. The van der Waals surface area contributed by atoms with E-state index in [-0.39, 0.29) is 10.5 Å². The van der Waals surface area contributed by atoms with Crippen molar-refractivity contribution in [3.8, 4) is 23.3 Å². The van der Waals surface area contributed by atoms with Gasteiger partial charge in [-0.3, -0.25) is 4.72 Å². The zero-order chi connectivity index (χ0) is 20.4. The first-order valence-corrected chi connectivity index (χ1v) is 10.1. The molecule has 0 saturated carbocycles. The highest BCUT2D eigenvalue weighted by molar-refractivity contribution is 7.92. The Morgan fingerprint density at radius 3 is 2.38 bits per heavy atom. The van der Waals surface area contributed by atoms with Gasteiger partial charge in [0, 0.05) is 11.6 Å². The van der Waals surface area contributed by atoms with E-state index in [0.29, 0.717) is 22.2 Å². The SMILES string of the molecule is N#Cc1cccc(S(=O)(=O)Nc2cc(-c3ccccc3)cc3c(C#N)c[nH]c23)c1. The van der Waals surface area contributed by atoms with Crippen molar-refractivity contribution >= 4 is 26.6 Å². The van der Waals surface area contributed by atoms with Crippen molar-refractivity contribution in [2.75, 3.05) is 4.72 Å². The van der Waals surface area contributed by atoms with Gasteiger partial charge in [0.2, 0.25) is 0 Å². The number of nitrogens with zero attached hydrogens (tertiary/aromatic N) is 2. The molecule has 29 heavy (non-hydrogen) atoms. The molecule has 0 atom stereocenters. The van der Waals surface area contributed by atoms with Crippen LogP contribution < -0.4 is 4.72 Å². The monoisotopic (exact) mass is 398 g/mol. The molecule has 4 aromatic rings. The Morgan fingerprint density at radius 1 is 0.862 bits per heavy atom. The molecule has 0 saturated heterocycles. The van der Waals surface area contributed by atoms with Gasteiger partial charge in [-0.2, -0.15) is 10.5 Å². The van der Waals surface area contributed by atoms with Crippen LogP contribution in [-0.4, -0.2) is 13.4 Å². The molecule has 1 heterocycles. The molecule has 0 amide bonds. The summed E-state index contributed by atoms with van der Waals surface area (Å²) in [6, 6.07) is 22.9. The Kier molecular flexibility index (Phi) is 4.52. The largest absolute Gasteiger partial charge is 0.358 e. The van der Waals surface area contributed by atoms with Crippen molar-refractivity contribution in [3.05, 3.63) is 84.1 Å². The molecule has 0 aliphatic carbocycles. The van der Waals surface area contributed by atoms with Crippen LogP contribution in [0.3, 0.4) is 0 Å². The summed E-state index contributed by atoms with van der Waals surface area (Å²) >= 11 is 0. The lowest BCUT2D eigenvalue weighted by molar-refractivity contribution is 0.601. The molecule has 0 radical (unpaired) electrons. The third-order valence-electron chi connectivity index (χ3n) is 4.53. The summed E-state index contributed by atoms with van der Waals surface area (Å²) in [4.78, 5) is 2.97. The first-order valence-electron chi connectivity index (χ1n) is 8.65. The third kappa shape index (κ3) is 3.43. The summed E-state index contributed by atoms with van der Waals surface area (Å²) < 4.78 is 28.5. The van der Waals surface area contributed by atoms with Gasteiger partial charge >= 0.3 is 0 Å². The number of nitrogens with one attached hydrogen (secondary N) is 2. The summed E-state index contributed by atoms with van der Waals surface area (Å²) in [5, 5.41) is 19.1. The number of benzene rings is 3. The molecule has 0 aliphatic rings. The summed E-state index contributed by atoms with van der Waals surface area (Å²) in [7, 11) is -3.94. The van der Waals surface area contributed by atoms with Gasteiger partial charge in [-0.25, -0.2) is 8.42 Å². The van der Waals surface area contributed by atoms with Gasteiger partial charge in [0.25, 0.3) is 10.0 Å². The van der Waals surface area contributed by atoms with Crippen LogP contribution in [0.15, 0.2) is 77.8 Å². The fourth-order valence-corrected chi connectivity index (χ4v) is 4.25. The van der Waals surface area contributed by atoms with E-state index >= 15 is 0 Å². The Morgan fingerprint density at radius 2 is 1.66 bits per heavy atom. The quantitative estimate of drug-likeness (QED) is 0.531. The topological polar surface area (TPSA) is 110 Å². The second-order valence-corrected chi connectivity index (χ2v) is 8.05. The van der Waals surface area contributed by atoms with Crippen molar-refractivity contribution in [2.45, 2.75) is 4.90 Å². The number of hydrogen-bond acceptors (Lipinski definition) is 4. The smallest absolute Gasteiger partial charge is 0.262 e. The minimum absolute atomic E-state index is 0.0122. The average Bonchev–Trinajstić information content (AvgIpc) is 3.17. The molecular formula is C22H14N4O2S. The number of hydrogen-bond donors (Lipinski definition) is 2. The standard InChI is InChI=1S/C22H14N4O2S/c23-12-15-5-4-8-19(9-15)29(27,28)26-21-11-17(16-6-2-1-3-7-16)10-20-18(13-24)14-25-22(20)21/h1-11,14,25-26H. The molecule has 0 fully saturated rings. The van der Waals surface area contributed by atoms with Crippen LogP contribution in [0.5, 0.6) is 0 Å².